The predicted octanol–water partition coefficient (Wildman–Crippen LogP) is 10.8. The molecule has 4 rings (SSSR count). The van der Waals surface area contributed by atoms with Crippen molar-refractivity contribution in [2.45, 2.75) is 341 Å². The summed E-state index contributed by atoms with van der Waals surface area (Å²) < 4.78 is 80.3. The van der Waals surface area contributed by atoms with Crippen LogP contribution in [0.3, 0.4) is 0 Å². The van der Waals surface area contributed by atoms with Crippen LogP contribution < -0.4 is 0 Å². The average Bonchev–Trinajstić information content (AvgIpc) is 0.754. The van der Waals surface area contributed by atoms with E-state index in [1.807, 2.05) is 0 Å². The maximum absolute atomic E-state index is 13.3. The van der Waals surface area contributed by atoms with Crippen LogP contribution in [0.2, 0.25) is 0 Å². The summed E-state index contributed by atoms with van der Waals surface area (Å²) in [6.07, 6.45) is 6.08. The highest BCUT2D eigenvalue weighted by molar-refractivity contribution is 7.61. The highest BCUT2D eigenvalue weighted by Gasteiger charge is 2.57. The predicted molar refractivity (Wildman–Crippen MR) is 407 cm³/mol. The number of hydrogen-bond acceptors (Lipinski definition) is 24. The van der Waals surface area contributed by atoms with Crippen molar-refractivity contribution in [2.75, 3.05) is 26.4 Å². The molecule has 107 heavy (non-hydrogen) atoms. The molecule has 14 N–H and O–H groups in total. The van der Waals surface area contributed by atoms with Crippen molar-refractivity contribution < 1.29 is 127 Å². The molecule has 4 saturated heterocycles. The van der Waals surface area contributed by atoms with Gasteiger partial charge in [0.2, 0.25) is 0 Å². The first-order valence-corrected chi connectivity index (χ1v) is 40.9. The average molecular weight is 1560 g/mol. The molecule has 0 aromatic carbocycles. The number of aliphatic hydroxyl groups excluding tert-OH is 12. The first kappa shape index (κ1) is 96.0. The smallest absolute Gasteiger partial charge is 0.394 e. The summed E-state index contributed by atoms with van der Waals surface area (Å²) in [5.74, 6) is 0. The minimum Gasteiger partial charge on any atom is -0.394 e. The summed E-state index contributed by atoms with van der Waals surface area (Å²) in [4.78, 5) is 21.2. The molecule has 0 bridgehead atoms. The van der Waals surface area contributed by atoms with Crippen LogP contribution >= 0.6 is 15.6 Å². The van der Waals surface area contributed by atoms with Crippen LogP contribution in [0.5, 0.6) is 0 Å². The zero-order valence-corrected chi connectivity index (χ0v) is 67.2. The molecule has 28 heteroatoms. The Hall–Kier alpha value is -3.36. The van der Waals surface area contributed by atoms with Crippen LogP contribution in [-0.4, -0.2) is 220 Å². The molecular formula is C79H132O26P2. The quantitative estimate of drug-likeness (QED) is 0.0199. The largest absolute Gasteiger partial charge is 0.483 e. The highest BCUT2D eigenvalue weighted by atomic mass is 31.3. The van der Waals surface area contributed by atoms with E-state index < -0.39 is 165 Å². The molecular weight excluding hydrogens is 1430 g/mol. The molecule has 0 aromatic rings. The van der Waals surface area contributed by atoms with Gasteiger partial charge in [-0.05, 0) is 218 Å². The summed E-state index contributed by atoms with van der Waals surface area (Å²) in [7, 11) is -11.3. The highest BCUT2D eigenvalue weighted by Crippen LogP contribution is 2.61. The van der Waals surface area contributed by atoms with Crippen molar-refractivity contribution in [1.29, 1.82) is 0 Å². The SMILES string of the molecule is CC(C)=CCC/C(C)=C/CC/C(C)=C/CC/C(C)=C\CC/C(C)=C\CC/C(C)=C\CC/C(C)=C\CC/C(C)=C\CC/C(C)=C\CC/C(C)=C\CC/C(C)=C\COP(=O)(O)OP(=O)(O)O[C@H]1O[C@H](CO)[C@@H](O)[C@H](O[C@H]2O[C@H](CO)[C@@H](O)[C@H](O)[C@@H]2O[C@H]2O[C@H](CO)[C@@H](O)[C@H](O)[C@@H]2O[C@@H]2O[C@@H](C)[C@H](O)[C@@H](O)[C@H]2O)[C@H]1O. The molecule has 4 aliphatic rings. The molecule has 4 fully saturated rings. The van der Waals surface area contributed by atoms with Crippen LogP contribution in [0.4, 0.5) is 0 Å². The number of phosphoric ester groups is 2. The molecule has 26 nitrogen and oxygen atoms in total. The number of ether oxygens (including phenoxy) is 7. The van der Waals surface area contributed by atoms with E-state index in [4.69, 9.17) is 42.2 Å². The number of phosphoric acid groups is 2. The second kappa shape index (κ2) is 49.3. The maximum atomic E-state index is 13.3. The van der Waals surface area contributed by atoms with Gasteiger partial charge in [0.25, 0.3) is 0 Å². The fraction of sp³-hybridized carbons (Fsp3) is 0.722. The van der Waals surface area contributed by atoms with Crippen molar-refractivity contribution in [1.82, 2.24) is 0 Å². The van der Waals surface area contributed by atoms with Crippen LogP contribution in [0, 0.1) is 0 Å². The first-order chi connectivity index (χ1) is 50.5. The van der Waals surface area contributed by atoms with Gasteiger partial charge in [0.1, 0.15) is 91.6 Å². The minimum absolute atomic E-state index is 0.551. The lowest BCUT2D eigenvalue weighted by Crippen LogP contribution is -2.68. The van der Waals surface area contributed by atoms with Crippen molar-refractivity contribution in [3.8, 4) is 0 Å². The molecule has 4 aliphatic heterocycles. The molecule has 0 aliphatic carbocycles. The summed E-state index contributed by atoms with van der Waals surface area (Å²) in [6.45, 7) is 23.8. The Labute approximate surface area is 635 Å². The van der Waals surface area contributed by atoms with Gasteiger partial charge in [0.05, 0.1) is 32.5 Å². The molecule has 0 amide bonds. The van der Waals surface area contributed by atoms with E-state index in [0.717, 1.165) is 121 Å². The molecule has 0 spiro atoms. The van der Waals surface area contributed by atoms with Gasteiger partial charge in [-0.3, -0.25) is 9.05 Å². The molecule has 0 radical (unpaired) electrons. The Morgan fingerprint density at radius 1 is 0.318 bits per heavy atom. The van der Waals surface area contributed by atoms with Crippen molar-refractivity contribution in [2.24, 2.45) is 0 Å². The van der Waals surface area contributed by atoms with E-state index in [0.29, 0.717) is 12.8 Å². The maximum Gasteiger partial charge on any atom is 0.483 e. The van der Waals surface area contributed by atoms with Crippen LogP contribution in [-0.2, 0) is 55.6 Å². The number of rotatable bonds is 46. The van der Waals surface area contributed by atoms with E-state index in [-0.39, 0.29) is 0 Å². The third-order valence-corrected chi connectivity index (χ3v) is 22.2. The van der Waals surface area contributed by atoms with Crippen LogP contribution in [0.1, 0.15) is 218 Å². The molecule has 2 unspecified atom stereocenters. The van der Waals surface area contributed by atoms with Crippen molar-refractivity contribution >= 4 is 15.6 Å². The zero-order chi connectivity index (χ0) is 79.7. The number of allylic oxidation sites excluding steroid dienone is 21. The standard InChI is InChI=1S/C79H132O26P2/c1-49(2)24-14-25-50(3)26-15-27-51(4)28-16-29-52(5)30-17-31-53(6)32-18-33-54(7)34-19-35-55(8)36-20-37-56(9)38-21-39-57(10)40-22-41-58(11)42-23-43-59(12)44-45-96-106(92,93)105-107(94,95)104-77-72(91)73(67(86)63(48-82)98-77)101-78-75(70(89)66(85)61(46-80)99-78)103-79-74(69(88)65(84)62(47-81)100-79)102-76-71(90)68(87)64(83)60(13)97-76/h24,26,28,30,32,34,36,38,40,42,44,60-91H,14-23,25,27,29,31,33,35,37,39,41,43,45-48H2,1-13H3,(H,92,93)(H,94,95)/b50-26+,51-28+,52-30-,53-32-,54-34-,55-36-,56-38-,57-40-,58-42-,59-44-/t60-,61+,62+,63+,64-,65+,66+,67+,68+,69-,70-,71+,72+,73-,74-,75-,76-,77+,78+,79+/m0/s1. The molecule has 0 aromatic heterocycles. The van der Waals surface area contributed by atoms with Gasteiger partial charge in [-0.25, -0.2) is 9.13 Å². The summed E-state index contributed by atoms with van der Waals surface area (Å²) in [5, 5.41) is 129. The van der Waals surface area contributed by atoms with E-state index >= 15 is 0 Å². The lowest BCUT2D eigenvalue weighted by molar-refractivity contribution is -0.401. The van der Waals surface area contributed by atoms with E-state index in [1.54, 1.807) is 6.92 Å². The van der Waals surface area contributed by atoms with Crippen molar-refractivity contribution in [3.05, 3.63) is 128 Å². The lowest BCUT2D eigenvalue weighted by Gasteiger charge is -2.49. The monoisotopic (exact) mass is 1560 g/mol. The molecule has 4 heterocycles. The molecule has 0 saturated carbocycles. The lowest BCUT2D eigenvalue weighted by atomic mass is 9.96. The Morgan fingerprint density at radius 2 is 0.607 bits per heavy atom. The van der Waals surface area contributed by atoms with Crippen molar-refractivity contribution in [3.63, 3.8) is 0 Å². The third-order valence-electron chi connectivity index (χ3n) is 19.6. The number of aliphatic hydroxyl groups is 12. The second-order valence-corrected chi connectivity index (χ2v) is 32.7. The Bertz CT molecular complexity index is 3110. The minimum atomic E-state index is -5.81. The van der Waals surface area contributed by atoms with E-state index in [2.05, 4.69) is 141 Å². The number of hydrogen-bond donors (Lipinski definition) is 14. The van der Waals surface area contributed by atoms with Gasteiger partial charge in [-0.15, -0.1) is 0 Å². The topological polar surface area (TPSA) is 410 Å². The van der Waals surface area contributed by atoms with Gasteiger partial charge >= 0.3 is 15.6 Å². The zero-order valence-electron chi connectivity index (χ0n) is 65.4. The fourth-order valence-electron chi connectivity index (χ4n) is 12.6. The normalized spacial score (nSPS) is 32.1. The van der Waals surface area contributed by atoms with Crippen LogP contribution in [0.15, 0.2) is 128 Å². The Kier molecular flexibility index (Phi) is 44.2. The molecule has 22 atom stereocenters. The first-order valence-electron chi connectivity index (χ1n) is 37.9. The Morgan fingerprint density at radius 3 is 0.935 bits per heavy atom. The van der Waals surface area contributed by atoms with Gasteiger partial charge in [0.15, 0.2) is 25.2 Å². The van der Waals surface area contributed by atoms with Gasteiger partial charge in [0, 0.05) is 0 Å². The summed E-state index contributed by atoms with van der Waals surface area (Å²) in [5.41, 5.74) is 14.9. The molecule has 614 valence electrons. The Balaban J connectivity index is 1.16. The van der Waals surface area contributed by atoms with E-state index in [1.165, 1.54) is 68.7 Å². The summed E-state index contributed by atoms with van der Waals surface area (Å²) >= 11 is 0. The van der Waals surface area contributed by atoms with Crippen LogP contribution in [0.25, 0.3) is 0 Å². The van der Waals surface area contributed by atoms with Gasteiger partial charge < -0.3 is 104 Å². The van der Waals surface area contributed by atoms with Gasteiger partial charge in [-0.1, -0.05) is 128 Å². The fourth-order valence-corrected chi connectivity index (χ4v) is 14.7. The van der Waals surface area contributed by atoms with E-state index in [9.17, 15) is 80.2 Å². The third kappa shape index (κ3) is 34.9. The summed E-state index contributed by atoms with van der Waals surface area (Å²) in [6, 6.07) is 0. The second-order valence-electron chi connectivity index (χ2n) is 29.7. The van der Waals surface area contributed by atoms with Gasteiger partial charge in [-0.2, -0.15) is 4.31 Å².